The quantitative estimate of drug-likeness (QED) is 0.426. The van der Waals surface area contributed by atoms with Crippen LogP contribution in [-0.4, -0.2) is 5.97 Å². The molecule has 0 saturated carbocycles. The third-order valence-corrected chi connectivity index (χ3v) is 2.05. The molecule has 1 atom stereocenters. The maximum Gasteiger partial charge on any atom is 0.317 e. The van der Waals surface area contributed by atoms with Gasteiger partial charge in [0.15, 0.2) is 0 Å². The molecule has 0 fully saturated rings. The molecule has 0 bridgehead atoms. The molecule has 0 unspecified atom stereocenters. The van der Waals surface area contributed by atoms with Crippen molar-refractivity contribution >= 4 is 5.97 Å². The summed E-state index contributed by atoms with van der Waals surface area (Å²) in [7, 11) is 0. The lowest BCUT2D eigenvalue weighted by atomic mass is 10.0. The second kappa shape index (κ2) is 5.81. The Morgan fingerprint density at radius 1 is 1.40 bits per heavy atom. The van der Waals surface area contributed by atoms with Crippen molar-refractivity contribution in [3.8, 4) is 0 Å². The van der Waals surface area contributed by atoms with Gasteiger partial charge in [0, 0.05) is 0 Å². The number of carbonyl (C=O) groups is 1. The lowest BCUT2D eigenvalue weighted by molar-refractivity contribution is -0.139. The Morgan fingerprint density at radius 3 is 2.67 bits per heavy atom. The van der Waals surface area contributed by atoms with Crippen molar-refractivity contribution in [2.75, 3.05) is 0 Å². The predicted octanol–water partition coefficient (Wildman–Crippen LogP) is 3.03. The van der Waals surface area contributed by atoms with Gasteiger partial charge >= 0.3 is 5.97 Å². The molecular weight excluding hydrogens is 188 g/mol. The third-order valence-electron chi connectivity index (χ3n) is 2.05. The summed E-state index contributed by atoms with van der Waals surface area (Å²) in [6.07, 6.45) is 4.48. The minimum atomic E-state index is -0.265. The van der Waals surface area contributed by atoms with E-state index in [0.717, 1.165) is 5.56 Å². The molecule has 1 aromatic carbocycles. The second-order valence-corrected chi connectivity index (χ2v) is 3.13. The van der Waals surface area contributed by atoms with Gasteiger partial charge in [-0.25, -0.2) is 0 Å². The fourth-order valence-electron chi connectivity index (χ4n) is 1.14. The van der Waals surface area contributed by atoms with E-state index in [1.165, 1.54) is 6.26 Å². The highest BCUT2D eigenvalue weighted by Crippen LogP contribution is 2.15. The van der Waals surface area contributed by atoms with Crippen molar-refractivity contribution in [2.24, 2.45) is 0 Å². The lowest BCUT2D eigenvalue weighted by Crippen LogP contribution is -2.10. The smallest absolute Gasteiger partial charge is 0.317 e. The van der Waals surface area contributed by atoms with Gasteiger partial charge in [0.2, 0.25) is 0 Å². The van der Waals surface area contributed by atoms with Crippen LogP contribution in [0.4, 0.5) is 0 Å². The molecule has 2 nitrogen and oxygen atoms in total. The zero-order chi connectivity index (χ0) is 11.1. The van der Waals surface area contributed by atoms with E-state index in [1.807, 2.05) is 37.3 Å². The molecular formula is C13H14O2. The number of hydrogen-bond donors (Lipinski definition) is 0. The number of rotatable bonds is 4. The summed E-state index contributed by atoms with van der Waals surface area (Å²) in [5, 5.41) is 0. The van der Waals surface area contributed by atoms with Crippen molar-refractivity contribution in [3.63, 3.8) is 0 Å². The monoisotopic (exact) mass is 202 g/mol. The Kier molecular flexibility index (Phi) is 4.35. The molecule has 2 heteroatoms. The molecule has 0 spiro atoms. The van der Waals surface area contributed by atoms with Gasteiger partial charge < -0.3 is 4.74 Å². The molecule has 15 heavy (non-hydrogen) atoms. The average Bonchev–Trinajstić information content (AvgIpc) is 2.29. The molecule has 0 aliphatic rings. The van der Waals surface area contributed by atoms with Gasteiger partial charge in [0.25, 0.3) is 0 Å². The van der Waals surface area contributed by atoms with Crippen LogP contribution in [-0.2, 0) is 9.53 Å². The highest BCUT2D eigenvalue weighted by molar-refractivity contribution is 5.78. The van der Waals surface area contributed by atoms with E-state index in [-0.39, 0.29) is 11.9 Å². The normalized spacial score (nSPS) is 12.3. The number of benzene rings is 1. The summed E-state index contributed by atoms with van der Waals surface area (Å²) in [6, 6.07) is 9.53. The van der Waals surface area contributed by atoms with Crippen molar-refractivity contribution < 1.29 is 9.53 Å². The van der Waals surface area contributed by atoms with Crippen molar-refractivity contribution in [3.05, 3.63) is 60.9 Å². The average molecular weight is 202 g/mol. The Bertz CT molecular complexity index is 352. The van der Waals surface area contributed by atoms with E-state index in [2.05, 4.69) is 6.58 Å². The van der Waals surface area contributed by atoms with Gasteiger partial charge in [-0.2, -0.15) is 0 Å². The topological polar surface area (TPSA) is 26.3 Å². The number of esters is 1. The standard InChI is InChI=1S/C13H14O2/c1-3-4-10-15-13(14)11(2)12-8-6-5-7-9-12/h3-11H,1H2,2H3/b10-4+/t11-/m0/s1. The summed E-state index contributed by atoms with van der Waals surface area (Å²) >= 11 is 0. The molecule has 0 saturated heterocycles. The number of allylic oxidation sites excluding steroid dienone is 2. The molecule has 0 N–H and O–H groups in total. The van der Waals surface area contributed by atoms with Crippen LogP contribution in [0.1, 0.15) is 18.4 Å². The first kappa shape index (κ1) is 11.2. The van der Waals surface area contributed by atoms with Crippen molar-refractivity contribution in [2.45, 2.75) is 12.8 Å². The molecule has 0 aliphatic carbocycles. The first-order valence-corrected chi connectivity index (χ1v) is 4.78. The van der Waals surface area contributed by atoms with Gasteiger partial charge in [-0.3, -0.25) is 4.79 Å². The van der Waals surface area contributed by atoms with E-state index < -0.39 is 0 Å². The Morgan fingerprint density at radius 2 is 2.07 bits per heavy atom. The van der Waals surface area contributed by atoms with Gasteiger partial charge in [-0.1, -0.05) is 43.0 Å². The van der Waals surface area contributed by atoms with Crippen molar-refractivity contribution in [1.82, 2.24) is 0 Å². The first-order valence-electron chi connectivity index (χ1n) is 4.78. The second-order valence-electron chi connectivity index (χ2n) is 3.13. The van der Waals surface area contributed by atoms with Crippen LogP contribution in [0.3, 0.4) is 0 Å². The van der Waals surface area contributed by atoms with Gasteiger partial charge in [0.05, 0.1) is 12.2 Å². The molecule has 0 aliphatic heterocycles. The lowest BCUT2D eigenvalue weighted by Gasteiger charge is -2.08. The molecule has 0 radical (unpaired) electrons. The highest BCUT2D eigenvalue weighted by atomic mass is 16.5. The molecule has 1 aromatic rings. The molecule has 0 aromatic heterocycles. The van der Waals surface area contributed by atoms with Crippen LogP contribution in [0, 0.1) is 0 Å². The van der Waals surface area contributed by atoms with Crippen LogP contribution in [0.5, 0.6) is 0 Å². The predicted molar refractivity (Wildman–Crippen MR) is 60.3 cm³/mol. The Labute approximate surface area is 89.9 Å². The Balaban J connectivity index is 2.61. The first-order chi connectivity index (χ1) is 7.25. The van der Waals surface area contributed by atoms with Gasteiger partial charge in [-0.05, 0) is 18.6 Å². The summed E-state index contributed by atoms with van der Waals surface area (Å²) in [5.41, 5.74) is 0.953. The highest BCUT2D eigenvalue weighted by Gasteiger charge is 2.14. The molecule has 0 heterocycles. The van der Waals surface area contributed by atoms with E-state index in [1.54, 1.807) is 12.2 Å². The number of carbonyl (C=O) groups excluding carboxylic acids is 1. The van der Waals surface area contributed by atoms with Crippen LogP contribution >= 0.6 is 0 Å². The van der Waals surface area contributed by atoms with Crippen LogP contribution < -0.4 is 0 Å². The van der Waals surface area contributed by atoms with E-state index in [0.29, 0.717) is 0 Å². The summed E-state index contributed by atoms with van der Waals surface area (Å²) in [4.78, 5) is 11.5. The maximum atomic E-state index is 11.5. The number of hydrogen-bond acceptors (Lipinski definition) is 2. The minimum Gasteiger partial charge on any atom is -0.434 e. The van der Waals surface area contributed by atoms with Crippen LogP contribution in [0.15, 0.2) is 55.3 Å². The maximum absolute atomic E-state index is 11.5. The van der Waals surface area contributed by atoms with E-state index >= 15 is 0 Å². The van der Waals surface area contributed by atoms with E-state index in [9.17, 15) is 4.79 Å². The Hall–Kier alpha value is -1.83. The fraction of sp³-hybridized carbons (Fsp3) is 0.154. The summed E-state index contributed by atoms with van der Waals surface area (Å²) in [6.45, 7) is 5.30. The number of ether oxygens (including phenoxy) is 1. The van der Waals surface area contributed by atoms with Gasteiger partial charge in [0.1, 0.15) is 0 Å². The van der Waals surface area contributed by atoms with E-state index in [4.69, 9.17) is 4.74 Å². The molecule has 1 rings (SSSR count). The van der Waals surface area contributed by atoms with Crippen LogP contribution in [0.25, 0.3) is 0 Å². The fourth-order valence-corrected chi connectivity index (χ4v) is 1.14. The third kappa shape index (κ3) is 3.43. The largest absolute Gasteiger partial charge is 0.434 e. The molecule has 0 amide bonds. The zero-order valence-corrected chi connectivity index (χ0v) is 8.72. The SMILES string of the molecule is C=C/C=C/OC(=O)[C@@H](C)c1ccccc1. The zero-order valence-electron chi connectivity index (χ0n) is 8.72. The van der Waals surface area contributed by atoms with Crippen LogP contribution in [0.2, 0.25) is 0 Å². The summed E-state index contributed by atoms with van der Waals surface area (Å²) < 4.78 is 4.91. The molecule has 78 valence electrons. The van der Waals surface area contributed by atoms with Gasteiger partial charge in [-0.15, -0.1) is 0 Å². The van der Waals surface area contributed by atoms with Crippen molar-refractivity contribution in [1.29, 1.82) is 0 Å². The summed E-state index contributed by atoms with van der Waals surface area (Å²) in [5.74, 6) is -0.514. The minimum absolute atomic E-state index is 0.249.